The van der Waals surface area contributed by atoms with Gasteiger partial charge < -0.3 is 10.3 Å². The molecule has 0 fully saturated rings. The van der Waals surface area contributed by atoms with E-state index in [9.17, 15) is 0 Å². The van der Waals surface area contributed by atoms with E-state index in [1.807, 2.05) is 35.0 Å². The van der Waals surface area contributed by atoms with Crippen LogP contribution in [0.25, 0.3) is 0 Å². The first-order chi connectivity index (χ1) is 9.69. The van der Waals surface area contributed by atoms with Crippen LogP contribution in [0.1, 0.15) is 5.56 Å². The van der Waals surface area contributed by atoms with E-state index < -0.39 is 0 Å². The van der Waals surface area contributed by atoms with E-state index in [2.05, 4.69) is 15.5 Å². The zero-order valence-corrected chi connectivity index (χ0v) is 10.6. The molecule has 0 aliphatic heterocycles. The molecule has 100 valence electrons. The zero-order chi connectivity index (χ0) is 14.4. The summed E-state index contributed by atoms with van der Waals surface area (Å²) in [6.07, 6.45) is 5.34. The van der Waals surface area contributed by atoms with Crippen LogP contribution in [-0.4, -0.2) is 21.1 Å². The van der Waals surface area contributed by atoms with Gasteiger partial charge in [0, 0.05) is 18.9 Å². The van der Waals surface area contributed by atoms with Crippen LogP contribution in [0.3, 0.4) is 0 Å². The number of amidine groups is 1. The molecule has 7 heteroatoms. The SMILES string of the molecule is N#C/C(=N\Nc1cccc(Cn2ccnc2)c1)C(=N)N. The number of imidazole rings is 1. The van der Waals surface area contributed by atoms with E-state index >= 15 is 0 Å². The van der Waals surface area contributed by atoms with Crippen LogP contribution in [0.4, 0.5) is 5.69 Å². The van der Waals surface area contributed by atoms with Crippen molar-refractivity contribution in [2.24, 2.45) is 10.8 Å². The van der Waals surface area contributed by atoms with Crippen molar-refractivity contribution < 1.29 is 0 Å². The molecule has 0 unspecified atom stereocenters. The quantitative estimate of drug-likeness (QED) is 0.428. The molecule has 7 nitrogen and oxygen atoms in total. The van der Waals surface area contributed by atoms with Gasteiger partial charge >= 0.3 is 0 Å². The second kappa shape index (κ2) is 6.15. The minimum atomic E-state index is -0.366. The van der Waals surface area contributed by atoms with Crippen molar-refractivity contribution >= 4 is 17.2 Å². The third-order valence-corrected chi connectivity index (χ3v) is 2.51. The molecule has 1 heterocycles. The normalized spacial score (nSPS) is 10.8. The average Bonchev–Trinajstić information content (AvgIpc) is 2.92. The predicted molar refractivity (Wildman–Crippen MR) is 76.4 cm³/mol. The molecule has 1 aromatic carbocycles. The van der Waals surface area contributed by atoms with Crippen molar-refractivity contribution in [1.29, 1.82) is 10.7 Å². The number of rotatable bonds is 5. The lowest BCUT2D eigenvalue weighted by Crippen LogP contribution is -2.21. The van der Waals surface area contributed by atoms with Gasteiger partial charge in [0.25, 0.3) is 0 Å². The molecule has 1 aromatic heterocycles. The maximum atomic E-state index is 8.75. The largest absolute Gasteiger partial charge is 0.382 e. The number of nitrogens with one attached hydrogen (secondary N) is 2. The van der Waals surface area contributed by atoms with E-state index in [1.54, 1.807) is 18.6 Å². The summed E-state index contributed by atoms with van der Waals surface area (Å²) in [5, 5.41) is 19.7. The summed E-state index contributed by atoms with van der Waals surface area (Å²) in [7, 11) is 0. The molecular formula is C13H13N7. The lowest BCUT2D eigenvalue weighted by atomic mass is 10.2. The van der Waals surface area contributed by atoms with Crippen LogP contribution >= 0.6 is 0 Å². The second-order valence-corrected chi connectivity index (χ2v) is 4.03. The number of hydrazone groups is 1. The van der Waals surface area contributed by atoms with Gasteiger partial charge in [0.2, 0.25) is 5.71 Å². The van der Waals surface area contributed by atoms with Crippen LogP contribution in [0, 0.1) is 16.7 Å². The fourth-order valence-electron chi connectivity index (χ4n) is 1.60. The molecule has 2 rings (SSSR count). The summed E-state index contributed by atoms with van der Waals surface area (Å²) in [6, 6.07) is 9.32. The maximum absolute atomic E-state index is 8.75. The number of benzene rings is 1. The highest BCUT2D eigenvalue weighted by molar-refractivity contribution is 6.45. The topological polar surface area (TPSA) is 116 Å². The molecule has 0 atom stereocenters. The second-order valence-electron chi connectivity index (χ2n) is 4.03. The van der Waals surface area contributed by atoms with Gasteiger partial charge in [-0.25, -0.2) is 4.98 Å². The summed E-state index contributed by atoms with van der Waals surface area (Å²) in [5.74, 6) is -0.366. The van der Waals surface area contributed by atoms with Crippen LogP contribution in [-0.2, 0) is 6.54 Å². The molecule has 0 amide bonds. The first-order valence-corrected chi connectivity index (χ1v) is 5.82. The molecule has 0 saturated carbocycles. The molecule has 0 saturated heterocycles. The number of nitriles is 1. The van der Waals surface area contributed by atoms with Crippen molar-refractivity contribution in [1.82, 2.24) is 9.55 Å². The Morgan fingerprint density at radius 3 is 3.05 bits per heavy atom. The summed E-state index contributed by atoms with van der Waals surface area (Å²) in [5.41, 5.74) is 9.56. The highest BCUT2D eigenvalue weighted by atomic mass is 15.3. The highest BCUT2D eigenvalue weighted by Crippen LogP contribution is 2.11. The Kier molecular flexibility index (Phi) is 4.09. The Bertz CT molecular complexity index is 664. The molecule has 0 aliphatic rings. The molecular weight excluding hydrogens is 254 g/mol. The number of anilines is 1. The van der Waals surface area contributed by atoms with Gasteiger partial charge in [-0.15, -0.1) is 0 Å². The number of aromatic nitrogens is 2. The Hall–Kier alpha value is -3.14. The van der Waals surface area contributed by atoms with E-state index in [0.29, 0.717) is 6.54 Å². The zero-order valence-electron chi connectivity index (χ0n) is 10.6. The molecule has 2 aromatic rings. The number of hydrogen-bond donors (Lipinski definition) is 3. The monoisotopic (exact) mass is 267 g/mol. The fourth-order valence-corrected chi connectivity index (χ4v) is 1.60. The molecule has 0 bridgehead atoms. The summed E-state index contributed by atoms with van der Waals surface area (Å²) in [4.78, 5) is 3.98. The highest BCUT2D eigenvalue weighted by Gasteiger charge is 2.01. The van der Waals surface area contributed by atoms with Crippen molar-refractivity contribution in [3.05, 3.63) is 48.5 Å². The van der Waals surface area contributed by atoms with E-state index in [0.717, 1.165) is 11.3 Å². The van der Waals surface area contributed by atoms with Crippen LogP contribution in [0.5, 0.6) is 0 Å². The first-order valence-electron chi connectivity index (χ1n) is 5.82. The van der Waals surface area contributed by atoms with Crippen LogP contribution in [0.2, 0.25) is 0 Å². The van der Waals surface area contributed by atoms with E-state index in [4.69, 9.17) is 16.4 Å². The van der Waals surface area contributed by atoms with Crippen LogP contribution in [0.15, 0.2) is 48.1 Å². The van der Waals surface area contributed by atoms with Crippen LogP contribution < -0.4 is 11.2 Å². The number of nitrogens with zero attached hydrogens (tertiary/aromatic N) is 4. The predicted octanol–water partition coefficient (Wildman–Crippen LogP) is 1.16. The van der Waals surface area contributed by atoms with Crippen molar-refractivity contribution in [2.45, 2.75) is 6.54 Å². The van der Waals surface area contributed by atoms with Gasteiger partial charge in [0.15, 0.2) is 5.84 Å². The summed E-state index contributed by atoms with van der Waals surface area (Å²) in [6.45, 7) is 0.692. The van der Waals surface area contributed by atoms with Gasteiger partial charge in [-0.2, -0.15) is 10.4 Å². The van der Waals surface area contributed by atoms with Gasteiger partial charge in [0.1, 0.15) is 6.07 Å². The molecule has 0 spiro atoms. The van der Waals surface area contributed by atoms with Crippen molar-refractivity contribution in [3.63, 3.8) is 0 Å². The Morgan fingerprint density at radius 2 is 2.40 bits per heavy atom. The third-order valence-electron chi connectivity index (χ3n) is 2.51. The smallest absolute Gasteiger partial charge is 0.201 e. The van der Waals surface area contributed by atoms with Gasteiger partial charge in [-0.05, 0) is 17.7 Å². The summed E-state index contributed by atoms with van der Waals surface area (Å²) >= 11 is 0. The van der Waals surface area contributed by atoms with Crippen molar-refractivity contribution in [3.8, 4) is 6.07 Å². The average molecular weight is 267 g/mol. The lowest BCUT2D eigenvalue weighted by molar-refractivity contribution is 0.797. The number of nitrogens with two attached hydrogens (primary N) is 1. The minimum absolute atomic E-state index is 0.148. The molecule has 0 aliphatic carbocycles. The van der Waals surface area contributed by atoms with Gasteiger partial charge in [-0.3, -0.25) is 10.8 Å². The Balaban J connectivity index is 2.10. The van der Waals surface area contributed by atoms with Crippen molar-refractivity contribution in [2.75, 3.05) is 5.43 Å². The van der Waals surface area contributed by atoms with E-state index in [-0.39, 0.29) is 11.5 Å². The Morgan fingerprint density at radius 1 is 1.55 bits per heavy atom. The van der Waals surface area contributed by atoms with E-state index in [1.165, 1.54) is 0 Å². The third kappa shape index (κ3) is 3.43. The van der Waals surface area contributed by atoms with Gasteiger partial charge in [-0.1, -0.05) is 12.1 Å². The lowest BCUT2D eigenvalue weighted by Gasteiger charge is -2.06. The number of hydrogen-bond acceptors (Lipinski definition) is 5. The fraction of sp³-hybridized carbons (Fsp3) is 0.0769. The standard InChI is InChI=1S/C13H13N7/c14-7-12(13(15)16)19-18-11-3-1-2-10(6-11)8-20-5-4-17-9-20/h1-6,9,18H,8H2,(H3,15,16)/b19-12+. The molecule has 0 radical (unpaired) electrons. The van der Waals surface area contributed by atoms with Gasteiger partial charge in [0.05, 0.1) is 12.0 Å². The Labute approximate surface area is 115 Å². The minimum Gasteiger partial charge on any atom is -0.382 e. The summed E-state index contributed by atoms with van der Waals surface area (Å²) < 4.78 is 1.94. The maximum Gasteiger partial charge on any atom is 0.201 e. The first kappa shape index (κ1) is 13.3. The molecule has 4 N–H and O–H groups in total. The molecule has 20 heavy (non-hydrogen) atoms.